The second-order valence-electron chi connectivity index (χ2n) is 5.64. The SMILES string of the molecule is Cc1ccc(S(=O)(=O)N2CCCC(c3ccc(Cl)c(Cl)c3)=N2)cc1. The molecular formula is C17H16Cl2N2O2S. The van der Waals surface area contributed by atoms with Crippen LogP contribution in [0.3, 0.4) is 0 Å². The van der Waals surface area contributed by atoms with Crippen LogP contribution in [0.2, 0.25) is 10.0 Å². The van der Waals surface area contributed by atoms with Crippen molar-refractivity contribution in [3.8, 4) is 0 Å². The molecule has 1 aliphatic rings. The molecule has 0 atom stereocenters. The molecule has 0 spiro atoms. The Morgan fingerprint density at radius 3 is 2.42 bits per heavy atom. The Kier molecular flexibility index (Phi) is 4.85. The maximum atomic E-state index is 12.8. The molecule has 0 fully saturated rings. The van der Waals surface area contributed by atoms with E-state index in [0.717, 1.165) is 11.1 Å². The summed E-state index contributed by atoms with van der Waals surface area (Å²) in [6.07, 6.45) is 1.39. The van der Waals surface area contributed by atoms with Gasteiger partial charge in [0.15, 0.2) is 0 Å². The monoisotopic (exact) mass is 382 g/mol. The molecule has 2 aromatic carbocycles. The van der Waals surface area contributed by atoms with Gasteiger partial charge in [0, 0.05) is 0 Å². The lowest BCUT2D eigenvalue weighted by Gasteiger charge is -2.25. The van der Waals surface area contributed by atoms with Gasteiger partial charge in [0.05, 0.1) is 27.2 Å². The van der Waals surface area contributed by atoms with E-state index in [4.69, 9.17) is 23.2 Å². The molecule has 24 heavy (non-hydrogen) atoms. The van der Waals surface area contributed by atoms with E-state index in [1.165, 1.54) is 4.41 Å². The third-order valence-corrected chi connectivity index (χ3v) is 6.27. The summed E-state index contributed by atoms with van der Waals surface area (Å²) in [6.45, 7) is 2.28. The highest BCUT2D eigenvalue weighted by Gasteiger charge is 2.26. The van der Waals surface area contributed by atoms with E-state index in [1.54, 1.807) is 42.5 Å². The summed E-state index contributed by atoms with van der Waals surface area (Å²) in [4.78, 5) is 0.243. The zero-order valence-corrected chi connectivity index (χ0v) is 15.4. The second kappa shape index (κ2) is 6.75. The molecule has 0 aliphatic carbocycles. The van der Waals surface area contributed by atoms with Crippen LogP contribution in [-0.2, 0) is 10.0 Å². The van der Waals surface area contributed by atoms with Gasteiger partial charge in [0.25, 0.3) is 10.0 Å². The van der Waals surface area contributed by atoms with Crippen molar-refractivity contribution in [2.75, 3.05) is 6.54 Å². The van der Waals surface area contributed by atoms with Crippen molar-refractivity contribution in [1.29, 1.82) is 0 Å². The zero-order valence-electron chi connectivity index (χ0n) is 13.0. The lowest BCUT2D eigenvalue weighted by Crippen LogP contribution is -2.32. The van der Waals surface area contributed by atoms with Gasteiger partial charge in [-0.1, -0.05) is 47.0 Å². The Bertz CT molecular complexity index is 893. The molecule has 0 radical (unpaired) electrons. The normalized spacial score (nSPS) is 15.3. The molecule has 0 saturated carbocycles. The molecule has 2 aromatic rings. The van der Waals surface area contributed by atoms with Gasteiger partial charge in [-0.2, -0.15) is 17.9 Å². The molecule has 1 aliphatic heterocycles. The van der Waals surface area contributed by atoms with Crippen molar-refractivity contribution in [3.05, 3.63) is 63.6 Å². The quantitative estimate of drug-likeness (QED) is 0.784. The number of sulfonamides is 1. The Balaban J connectivity index is 1.96. The Morgan fingerprint density at radius 1 is 1.04 bits per heavy atom. The summed E-state index contributed by atoms with van der Waals surface area (Å²) < 4.78 is 26.7. The fourth-order valence-electron chi connectivity index (χ4n) is 2.50. The molecule has 0 aromatic heterocycles. The third-order valence-electron chi connectivity index (χ3n) is 3.84. The first-order chi connectivity index (χ1) is 11.4. The summed E-state index contributed by atoms with van der Waals surface area (Å²) in [6, 6.07) is 12.0. The van der Waals surface area contributed by atoms with Crippen LogP contribution in [0.4, 0.5) is 0 Å². The maximum Gasteiger partial charge on any atom is 0.279 e. The Morgan fingerprint density at radius 2 is 1.75 bits per heavy atom. The van der Waals surface area contributed by atoms with Crippen LogP contribution >= 0.6 is 23.2 Å². The largest absolute Gasteiger partial charge is 0.279 e. The molecule has 4 nitrogen and oxygen atoms in total. The first kappa shape index (κ1) is 17.3. The number of halogens is 2. The van der Waals surface area contributed by atoms with Crippen molar-refractivity contribution in [2.24, 2.45) is 5.10 Å². The minimum absolute atomic E-state index is 0.243. The number of nitrogens with zero attached hydrogens (tertiary/aromatic N) is 2. The lowest BCUT2D eigenvalue weighted by molar-refractivity contribution is 0.410. The third kappa shape index (κ3) is 3.43. The molecule has 0 saturated heterocycles. The van der Waals surface area contributed by atoms with E-state index >= 15 is 0 Å². The van der Waals surface area contributed by atoms with Gasteiger partial charge in [0.1, 0.15) is 0 Å². The molecule has 0 amide bonds. The van der Waals surface area contributed by atoms with E-state index in [1.807, 2.05) is 6.92 Å². The highest BCUT2D eigenvalue weighted by molar-refractivity contribution is 7.89. The smallest absolute Gasteiger partial charge is 0.200 e. The predicted octanol–water partition coefficient (Wildman–Crippen LogP) is 4.49. The Hall–Kier alpha value is -1.56. The molecule has 0 bridgehead atoms. The second-order valence-corrected chi connectivity index (χ2v) is 8.30. The van der Waals surface area contributed by atoms with Crippen molar-refractivity contribution < 1.29 is 8.42 Å². The minimum Gasteiger partial charge on any atom is -0.200 e. The zero-order chi connectivity index (χ0) is 17.3. The number of hydrogen-bond acceptors (Lipinski definition) is 3. The highest BCUT2D eigenvalue weighted by Crippen LogP contribution is 2.26. The van der Waals surface area contributed by atoms with Crippen LogP contribution in [0.25, 0.3) is 0 Å². The van der Waals surface area contributed by atoms with Crippen LogP contribution in [0.15, 0.2) is 52.5 Å². The highest BCUT2D eigenvalue weighted by atomic mass is 35.5. The van der Waals surface area contributed by atoms with Crippen LogP contribution in [0.5, 0.6) is 0 Å². The minimum atomic E-state index is -3.65. The first-order valence-electron chi connectivity index (χ1n) is 7.50. The maximum absolute atomic E-state index is 12.8. The summed E-state index contributed by atoms with van der Waals surface area (Å²) >= 11 is 12.0. The summed E-state index contributed by atoms with van der Waals surface area (Å²) in [5.41, 5.74) is 2.48. The summed E-state index contributed by atoms with van der Waals surface area (Å²) in [5.74, 6) is 0. The van der Waals surface area contributed by atoms with Crippen molar-refractivity contribution in [2.45, 2.75) is 24.7 Å². The van der Waals surface area contributed by atoms with Gasteiger partial charge in [-0.3, -0.25) is 0 Å². The van der Waals surface area contributed by atoms with Gasteiger partial charge in [-0.15, -0.1) is 0 Å². The Labute approximate surface area is 151 Å². The van der Waals surface area contributed by atoms with E-state index < -0.39 is 10.0 Å². The summed E-state index contributed by atoms with van der Waals surface area (Å²) in [5, 5.41) is 5.24. The van der Waals surface area contributed by atoms with Crippen molar-refractivity contribution >= 4 is 38.9 Å². The molecular weight excluding hydrogens is 367 g/mol. The van der Waals surface area contributed by atoms with E-state index in [0.29, 0.717) is 35.1 Å². The average Bonchev–Trinajstić information content (AvgIpc) is 2.58. The van der Waals surface area contributed by atoms with Crippen LogP contribution in [-0.4, -0.2) is 25.1 Å². The standard InChI is InChI=1S/C17H16Cl2N2O2S/c1-12-4-7-14(8-5-12)24(22,23)21-10-2-3-17(20-21)13-6-9-15(18)16(19)11-13/h4-9,11H,2-3,10H2,1H3. The van der Waals surface area contributed by atoms with Gasteiger partial charge in [0.2, 0.25) is 0 Å². The van der Waals surface area contributed by atoms with Gasteiger partial charge in [-0.25, -0.2) is 0 Å². The molecule has 1 heterocycles. The molecule has 3 rings (SSSR count). The average molecular weight is 383 g/mol. The number of benzene rings is 2. The summed E-state index contributed by atoms with van der Waals surface area (Å²) in [7, 11) is -3.65. The fourth-order valence-corrected chi connectivity index (χ4v) is 4.10. The molecule has 0 N–H and O–H groups in total. The number of hydrogen-bond donors (Lipinski definition) is 0. The van der Waals surface area contributed by atoms with Gasteiger partial charge >= 0.3 is 0 Å². The number of rotatable bonds is 3. The number of hydrazone groups is 1. The molecule has 7 heteroatoms. The van der Waals surface area contributed by atoms with Crippen LogP contribution < -0.4 is 0 Å². The van der Waals surface area contributed by atoms with E-state index in [-0.39, 0.29) is 4.90 Å². The van der Waals surface area contributed by atoms with E-state index in [2.05, 4.69) is 5.10 Å². The van der Waals surface area contributed by atoms with E-state index in [9.17, 15) is 8.42 Å². The van der Waals surface area contributed by atoms with Crippen LogP contribution in [0, 0.1) is 6.92 Å². The van der Waals surface area contributed by atoms with Gasteiger partial charge in [-0.05, 0) is 49.6 Å². The lowest BCUT2D eigenvalue weighted by atomic mass is 10.1. The number of aryl methyl sites for hydroxylation is 1. The predicted molar refractivity (Wildman–Crippen MR) is 97.3 cm³/mol. The first-order valence-corrected chi connectivity index (χ1v) is 9.70. The van der Waals surface area contributed by atoms with Crippen molar-refractivity contribution in [3.63, 3.8) is 0 Å². The fraction of sp³-hybridized carbons (Fsp3) is 0.235. The van der Waals surface area contributed by atoms with Crippen LogP contribution in [0.1, 0.15) is 24.0 Å². The molecule has 126 valence electrons. The topological polar surface area (TPSA) is 49.7 Å². The molecule has 0 unspecified atom stereocenters. The van der Waals surface area contributed by atoms with Crippen molar-refractivity contribution in [1.82, 2.24) is 4.41 Å². The van der Waals surface area contributed by atoms with Gasteiger partial charge < -0.3 is 0 Å².